The van der Waals surface area contributed by atoms with Crippen molar-refractivity contribution >= 4 is 38.0 Å². The van der Waals surface area contributed by atoms with Crippen LogP contribution in [0.15, 0.2) is 29.2 Å². The first-order valence-electron chi connectivity index (χ1n) is 12.6. The minimum atomic E-state index is -3.64. The molecule has 12 nitrogen and oxygen atoms in total. The molecule has 3 rings (SSSR count). The number of benzene rings is 1. The van der Waals surface area contributed by atoms with Crippen molar-refractivity contribution in [2.75, 3.05) is 40.8 Å². The maximum Gasteiger partial charge on any atom is 0.281 e. The van der Waals surface area contributed by atoms with Crippen LogP contribution >= 0.6 is 11.8 Å². The van der Waals surface area contributed by atoms with E-state index in [1.165, 1.54) is 29.4 Å². The molecule has 2 aromatic rings. The molecule has 1 saturated heterocycles. The highest BCUT2D eigenvalue weighted by Crippen LogP contribution is 2.30. The molecule has 1 aromatic carbocycles. The molecule has 224 valence electrons. The number of nitrogens with zero attached hydrogens (tertiary/aromatic N) is 3. The van der Waals surface area contributed by atoms with Gasteiger partial charge in [-0.2, -0.15) is 17.0 Å². The molecule has 1 aliphatic heterocycles. The highest BCUT2D eigenvalue weighted by molar-refractivity contribution is 8.26. The predicted molar refractivity (Wildman–Crippen MR) is 153 cm³/mol. The summed E-state index contributed by atoms with van der Waals surface area (Å²) in [6.45, 7) is 2.15. The number of rotatable bonds is 9. The van der Waals surface area contributed by atoms with Gasteiger partial charge in [0.2, 0.25) is 5.43 Å². The Bertz CT molecular complexity index is 1510. The van der Waals surface area contributed by atoms with E-state index in [9.17, 15) is 31.9 Å². The lowest BCUT2D eigenvalue weighted by atomic mass is 9.95. The van der Waals surface area contributed by atoms with Crippen LogP contribution in [0, 0.1) is 22.5 Å². The zero-order valence-electron chi connectivity index (χ0n) is 23.0. The number of aromatic amines is 1. The van der Waals surface area contributed by atoms with Crippen LogP contribution in [0.5, 0.6) is 5.75 Å². The summed E-state index contributed by atoms with van der Waals surface area (Å²) >= 11 is 0.551. The number of nitrogens with one attached hydrogen (secondary N) is 4. The number of piperidine rings is 1. The standard InChI is InChI=1S/C25H33F2N7O5S2/c1-5-34(25(30-2)8-10-33(11-9-25)41(38,39)32(3)4)24(37)20-22(36)21(35)17(14-31-20)23(29)40-19(28)12-15-6-7-16(26)13-18(15)27/h6-7,13-14,28-30,36H,5,8-12H2,1-4H3,(H,31,35). The average molecular weight is 614 g/mol. The van der Waals surface area contributed by atoms with Crippen molar-refractivity contribution in [3.05, 3.63) is 63.1 Å². The second-order valence-electron chi connectivity index (χ2n) is 9.54. The first-order chi connectivity index (χ1) is 19.2. The number of aromatic hydroxyl groups is 1. The molecular weight excluding hydrogens is 580 g/mol. The van der Waals surface area contributed by atoms with E-state index < -0.39 is 55.3 Å². The van der Waals surface area contributed by atoms with Gasteiger partial charge < -0.3 is 15.0 Å². The van der Waals surface area contributed by atoms with Crippen molar-refractivity contribution in [1.82, 2.24) is 23.8 Å². The van der Waals surface area contributed by atoms with Gasteiger partial charge in [0.1, 0.15) is 16.7 Å². The molecular formula is C25H33F2N7O5S2. The molecule has 41 heavy (non-hydrogen) atoms. The van der Waals surface area contributed by atoms with Crippen molar-refractivity contribution in [3.8, 4) is 5.75 Å². The number of amides is 1. The molecule has 2 heterocycles. The Kier molecular flexibility index (Phi) is 10.1. The first-order valence-corrected chi connectivity index (χ1v) is 14.8. The van der Waals surface area contributed by atoms with Gasteiger partial charge in [-0.1, -0.05) is 17.8 Å². The summed E-state index contributed by atoms with van der Waals surface area (Å²) in [5.41, 5.74) is -2.63. The van der Waals surface area contributed by atoms with E-state index in [2.05, 4.69) is 10.3 Å². The van der Waals surface area contributed by atoms with E-state index >= 15 is 0 Å². The Labute approximate surface area is 240 Å². The minimum Gasteiger partial charge on any atom is -0.503 e. The van der Waals surface area contributed by atoms with E-state index in [0.717, 1.165) is 16.6 Å². The van der Waals surface area contributed by atoms with Crippen LogP contribution in [0.25, 0.3) is 0 Å². The van der Waals surface area contributed by atoms with Gasteiger partial charge in [-0.25, -0.2) is 8.78 Å². The van der Waals surface area contributed by atoms with E-state index in [1.54, 1.807) is 14.0 Å². The van der Waals surface area contributed by atoms with Gasteiger partial charge in [0, 0.05) is 52.4 Å². The summed E-state index contributed by atoms with van der Waals surface area (Å²) < 4.78 is 54.6. The Morgan fingerprint density at radius 1 is 1.24 bits per heavy atom. The topological polar surface area (TPSA) is 174 Å². The van der Waals surface area contributed by atoms with E-state index in [1.807, 2.05) is 0 Å². The molecule has 1 aliphatic rings. The van der Waals surface area contributed by atoms with Gasteiger partial charge in [0.25, 0.3) is 16.1 Å². The lowest BCUT2D eigenvalue weighted by molar-refractivity contribution is 0.0173. The number of pyridine rings is 1. The molecule has 0 spiro atoms. The number of hydrogen-bond donors (Lipinski definition) is 5. The number of aromatic nitrogens is 1. The van der Waals surface area contributed by atoms with Gasteiger partial charge in [0.05, 0.1) is 16.3 Å². The molecule has 16 heteroatoms. The van der Waals surface area contributed by atoms with Gasteiger partial charge in [-0.15, -0.1) is 0 Å². The number of carbonyl (C=O) groups is 1. The van der Waals surface area contributed by atoms with Crippen molar-refractivity contribution in [2.45, 2.75) is 31.8 Å². The molecule has 1 fully saturated rings. The Morgan fingerprint density at radius 2 is 1.88 bits per heavy atom. The van der Waals surface area contributed by atoms with Gasteiger partial charge >= 0.3 is 0 Å². The van der Waals surface area contributed by atoms with E-state index in [4.69, 9.17) is 10.8 Å². The third-order valence-corrected chi connectivity index (χ3v) is 9.74. The number of halogens is 2. The van der Waals surface area contributed by atoms with Gasteiger partial charge in [-0.3, -0.25) is 25.7 Å². The molecule has 5 N–H and O–H groups in total. The Balaban J connectivity index is 1.79. The summed E-state index contributed by atoms with van der Waals surface area (Å²) in [6.07, 6.45) is 1.33. The number of thioether (sulfide) groups is 1. The molecule has 0 unspecified atom stereocenters. The summed E-state index contributed by atoms with van der Waals surface area (Å²) in [5, 5.41) is 29.5. The largest absolute Gasteiger partial charge is 0.503 e. The SMILES string of the molecule is CCN(C(=O)c1[nH]cc(C(=N)SC(=N)Cc2ccc(F)cc2F)c(=O)c1O)C1(NC)CCN(S(=O)(=O)N(C)C)CC1. The number of carbonyl (C=O) groups excluding carboxylic acids is 1. The molecule has 0 radical (unpaired) electrons. The monoisotopic (exact) mass is 613 g/mol. The number of H-pyrrole nitrogens is 1. The molecule has 1 aromatic heterocycles. The van der Waals surface area contributed by atoms with E-state index in [-0.39, 0.29) is 55.1 Å². The lowest BCUT2D eigenvalue weighted by Gasteiger charge is -2.48. The molecule has 0 atom stereocenters. The van der Waals surface area contributed by atoms with Crippen LogP contribution in [-0.4, -0.2) is 94.5 Å². The van der Waals surface area contributed by atoms with Crippen molar-refractivity contribution in [3.63, 3.8) is 0 Å². The highest BCUT2D eigenvalue weighted by Gasteiger charge is 2.44. The quantitative estimate of drug-likeness (QED) is 0.163. The Morgan fingerprint density at radius 3 is 2.41 bits per heavy atom. The van der Waals surface area contributed by atoms with Crippen LogP contribution in [0.1, 0.15) is 41.4 Å². The van der Waals surface area contributed by atoms with E-state index in [0.29, 0.717) is 17.8 Å². The Hall–Kier alpha value is -3.18. The average Bonchev–Trinajstić information content (AvgIpc) is 2.92. The fourth-order valence-corrected chi connectivity index (χ4v) is 6.49. The maximum atomic E-state index is 13.9. The summed E-state index contributed by atoms with van der Waals surface area (Å²) in [6, 6.07) is 2.92. The fraction of sp³-hybridized carbons (Fsp3) is 0.440. The van der Waals surface area contributed by atoms with Crippen LogP contribution < -0.4 is 10.7 Å². The second-order valence-corrected chi connectivity index (χ2v) is 12.8. The summed E-state index contributed by atoms with van der Waals surface area (Å²) in [5.74, 6) is -3.22. The van der Waals surface area contributed by atoms with Crippen LogP contribution in [0.4, 0.5) is 8.78 Å². The van der Waals surface area contributed by atoms with Crippen molar-refractivity contribution < 1.29 is 27.1 Å². The summed E-state index contributed by atoms with van der Waals surface area (Å²) in [4.78, 5) is 30.6. The van der Waals surface area contributed by atoms with Gasteiger partial charge in [0.15, 0.2) is 11.4 Å². The zero-order valence-corrected chi connectivity index (χ0v) is 24.7. The van der Waals surface area contributed by atoms with Gasteiger partial charge in [-0.05, 0) is 38.4 Å². The third kappa shape index (κ3) is 6.67. The summed E-state index contributed by atoms with van der Waals surface area (Å²) in [7, 11) is 0.874. The zero-order chi connectivity index (χ0) is 30.7. The van der Waals surface area contributed by atoms with Crippen molar-refractivity contribution in [1.29, 1.82) is 10.8 Å². The first kappa shape index (κ1) is 32.3. The maximum absolute atomic E-state index is 13.9. The minimum absolute atomic E-state index is 0.0395. The van der Waals surface area contributed by atoms with Crippen LogP contribution in [-0.2, 0) is 16.6 Å². The smallest absolute Gasteiger partial charge is 0.281 e. The third-order valence-electron chi connectivity index (χ3n) is 6.99. The second kappa shape index (κ2) is 12.8. The highest BCUT2D eigenvalue weighted by atomic mass is 32.2. The number of hydrogen-bond acceptors (Lipinski definition) is 9. The van der Waals surface area contributed by atoms with Crippen molar-refractivity contribution in [2.24, 2.45) is 0 Å². The predicted octanol–water partition coefficient (Wildman–Crippen LogP) is 1.92. The molecule has 0 bridgehead atoms. The van der Waals surface area contributed by atoms with Crippen LogP contribution in [0.3, 0.4) is 0 Å². The molecule has 0 aliphatic carbocycles. The molecule has 1 amide bonds. The normalized spacial score (nSPS) is 15.6. The lowest BCUT2D eigenvalue weighted by Crippen LogP contribution is -2.65. The van der Waals surface area contributed by atoms with Crippen LogP contribution in [0.2, 0.25) is 0 Å². The molecule has 0 saturated carbocycles. The fourth-order valence-electron chi connectivity index (χ4n) is 4.65.